The van der Waals surface area contributed by atoms with Crippen LogP contribution in [0.3, 0.4) is 0 Å². The molecule has 0 aliphatic rings. The van der Waals surface area contributed by atoms with Crippen LogP contribution in [0.25, 0.3) is 10.6 Å². The average Bonchev–Trinajstić information content (AvgIpc) is 3.13. The highest BCUT2D eigenvalue weighted by Crippen LogP contribution is 2.28. The predicted octanol–water partition coefficient (Wildman–Crippen LogP) is 3.63. The van der Waals surface area contributed by atoms with Gasteiger partial charge in [-0.15, -0.1) is 11.3 Å². The predicted molar refractivity (Wildman–Crippen MR) is 126 cm³/mol. The van der Waals surface area contributed by atoms with Crippen molar-refractivity contribution in [3.63, 3.8) is 0 Å². The number of nitrogens with one attached hydrogen (secondary N) is 2. The van der Waals surface area contributed by atoms with Crippen LogP contribution in [-0.2, 0) is 11.8 Å². The molecule has 1 aromatic carbocycles. The average molecular weight is 474 g/mol. The Morgan fingerprint density at radius 2 is 1.81 bits per heavy atom. The Hall–Kier alpha value is -3.04. The number of carbonyl (C=O) groups is 2. The van der Waals surface area contributed by atoms with Gasteiger partial charge in [-0.2, -0.15) is 5.10 Å². The van der Waals surface area contributed by atoms with E-state index in [9.17, 15) is 14.4 Å². The molecule has 0 unspecified atom stereocenters. The highest BCUT2D eigenvalue weighted by atomic mass is 35.5. The quantitative estimate of drug-likeness (QED) is 0.509. The smallest absolute Gasteiger partial charge is 0.277 e. The number of hydrogen-bond acceptors (Lipinski definition) is 6. The largest absolute Gasteiger partial charge is 0.351 e. The maximum Gasteiger partial charge on any atom is 0.277 e. The molecule has 2 heterocycles. The Morgan fingerprint density at radius 3 is 2.50 bits per heavy atom. The van der Waals surface area contributed by atoms with Crippen LogP contribution in [0.5, 0.6) is 0 Å². The summed E-state index contributed by atoms with van der Waals surface area (Å²) in [5.74, 6) is -0.415. The molecule has 2 amide bonds. The van der Waals surface area contributed by atoms with Crippen molar-refractivity contribution in [2.24, 2.45) is 7.05 Å². The summed E-state index contributed by atoms with van der Waals surface area (Å²) in [7, 11) is 1.59. The summed E-state index contributed by atoms with van der Waals surface area (Å²) in [6, 6.07) is 6.86. The SMILES string of the molecule is Cc1nc(-c2c(C)c(C)nn(C)c2=O)sc1C(=O)NCCCC(=O)Nc1ccc(Cl)cc1. The molecule has 3 rings (SSSR count). The Morgan fingerprint density at radius 1 is 1.12 bits per heavy atom. The van der Waals surface area contributed by atoms with Crippen LogP contribution in [0.4, 0.5) is 5.69 Å². The summed E-state index contributed by atoms with van der Waals surface area (Å²) in [4.78, 5) is 42.2. The van der Waals surface area contributed by atoms with Gasteiger partial charge in [-0.05, 0) is 57.0 Å². The third kappa shape index (κ3) is 5.41. The van der Waals surface area contributed by atoms with E-state index in [1.54, 1.807) is 38.2 Å². The second-order valence-electron chi connectivity index (χ2n) is 7.36. The number of carbonyl (C=O) groups excluding carboxylic acids is 2. The minimum atomic E-state index is -0.274. The van der Waals surface area contributed by atoms with Crippen molar-refractivity contribution in [3.05, 3.63) is 61.5 Å². The lowest BCUT2D eigenvalue weighted by molar-refractivity contribution is -0.116. The maximum atomic E-state index is 12.6. The number of hydrogen-bond donors (Lipinski definition) is 2. The normalized spacial score (nSPS) is 10.8. The molecule has 0 fully saturated rings. The lowest BCUT2D eigenvalue weighted by Crippen LogP contribution is -2.25. The van der Waals surface area contributed by atoms with Gasteiger partial charge in [-0.3, -0.25) is 14.4 Å². The highest BCUT2D eigenvalue weighted by Gasteiger charge is 2.21. The fraction of sp³-hybridized carbons (Fsp3) is 0.318. The first-order chi connectivity index (χ1) is 15.2. The molecule has 168 valence electrons. The third-order valence-corrected chi connectivity index (χ3v) is 6.36. The summed E-state index contributed by atoms with van der Waals surface area (Å²) < 4.78 is 1.28. The van der Waals surface area contributed by atoms with Gasteiger partial charge in [0, 0.05) is 30.7 Å². The lowest BCUT2D eigenvalue weighted by Gasteiger charge is -2.07. The number of anilines is 1. The molecule has 2 N–H and O–H groups in total. The first-order valence-corrected chi connectivity index (χ1v) is 11.2. The van der Waals surface area contributed by atoms with Gasteiger partial charge >= 0.3 is 0 Å². The summed E-state index contributed by atoms with van der Waals surface area (Å²) in [5, 5.41) is 10.9. The fourth-order valence-corrected chi connectivity index (χ4v) is 4.30. The van der Waals surface area contributed by atoms with Crippen molar-refractivity contribution >= 4 is 40.4 Å². The molecule has 3 aromatic rings. The van der Waals surface area contributed by atoms with E-state index in [0.717, 1.165) is 11.3 Å². The van der Waals surface area contributed by atoms with Gasteiger partial charge in [0.2, 0.25) is 5.91 Å². The Balaban J connectivity index is 1.59. The Labute approximate surface area is 194 Å². The van der Waals surface area contributed by atoms with E-state index >= 15 is 0 Å². The first kappa shape index (κ1) is 23.6. The van der Waals surface area contributed by atoms with Gasteiger partial charge < -0.3 is 10.6 Å². The van der Waals surface area contributed by atoms with E-state index in [1.807, 2.05) is 13.8 Å². The molecule has 8 nitrogen and oxygen atoms in total. The van der Waals surface area contributed by atoms with Crippen molar-refractivity contribution in [2.75, 3.05) is 11.9 Å². The van der Waals surface area contributed by atoms with Crippen LogP contribution < -0.4 is 16.2 Å². The summed E-state index contributed by atoms with van der Waals surface area (Å²) in [6.07, 6.45) is 0.750. The van der Waals surface area contributed by atoms with E-state index in [-0.39, 0.29) is 23.8 Å². The van der Waals surface area contributed by atoms with Crippen LogP contribution in [0.2, 0.25) is 5.02 Å². The number of rotatable bonds is 7. The molecular weight excluding hydrogens is 450 g/mol. The van der Waals surface area contributed by atoms with Crippen LogP contribution >= 0.6 is 22.9 Å². The molecule has 0 saturated carbocycles. The Bertz CT molecular complexity index is 1220. The van der Waals surface area contributed by atoms with Crippen LogP contribution in [0, 0.1) is 20.8 Å². The molecule has 2 aromatic heterocycles. The van der Waals surface area contributed by atoms with Gasteiger partial charge in [0.05, 0.1) is 17.0 Å². The molecular formula is C22H24ClN5O3S. The van der Waals surface area contributed by atoms with Crippen LogP contribution in [0.1, 0.15) is 39.5 Å². The zero-order valence-corrected chi connectivity index (χ0v) is 19.9. The highest BCUT2D eigenvalue weighted by molar-refractivity contribution is 7.17. The number of benzene rings is 1. The molecule has 0 atom stereocenters. The minimum absolute atomic E-state index is 0.141. The fourth-order valence-electron chi connectivity index (χ4n) is 3.10. The van der Waals surface area contributed by atoms with Gasteiger partial charge in [0.15, 0.2) is 0 Å². The summed E-state index contributed by atoms with van der Waals surface area (Å²) >= 11 is 7.01. The number of thiazole rings is 1. The van der Waals surface area contributed by atoms with E-state index in [4.69, 9.17) is 11.6 Å². The number of aromatic nitrogens is 3. The van der Waals surface area contributed by atoms with Gasteiger partial charge in [-0.25, -0.2) is 9.67 Å². The standard InChI is InChI=1S/C22H24ClN5O3S/c1-12-13(2)27-28(4)22(31)18(12)21-25-14(3)19(32-21)20(30)24-11-5-6-17(29)26-16-9-7-15(23)8-10-16/h7-10H,5-6,11H2,1-4H3,(H,24,30)(H,26,29). The molecule has 0 spiro atoms. The van der Waals surface area contributed by atoms with Crippen molar-refractivity contribution in [1.82, 2.24) is 20.1 Å². The van der Waals surface area contributed by atoms with Crippen molar-refractivity contribution < 1.29 is 9.59 Å². The van der Waals surface area contributed by atoms with E-state index in [1.165, 1.54) is 16.0 Å². The second kappa shape index (κ2) is 10.1. The molecule has 0 aliphatic heterocycles. The van der Waals surface area contributed by atoms with E-state index in [0.29, 0.717) is 44.8 Å². The summed E-state index contributed by atoms with van der Waals surface area (Å²) in [6.45, 7) is 5.73. The molecule has 0 saturated heterocycles. The van der Waals surface area contributed by atoms with Gasteiger partial charge in [0.1, 0.15) is 9.88 Å². The van der Waals surface area contributed by atoms with Gasteiger partial charge in [-0.1, -0.05) is 11.6 Å². The van der Waals surface area contributed by atoms with Crippen molar-refractivity contribution in [2.45, 2.75) is 33.6 Å². The number of amides is 2. The lowest BCUT2D eigenvalue weighted by atomic mass is 10.1. The molecule has 10 heteroatoms. The minimum Gasteiger partial charge on any atom is -0.351 e. The summed E-state index contributed by atoms with van der Waals surface area (Å²) in [5.41, 5.74) is 2.92. The van der Waals surface area contributed by atoms with E-state index < -0.39 is 0 Å². The van der Waals surface area contributed by atoms with Gasteiger partial charge in [0.25, 0.3) is 11.5 Å². The first-order valence-electron chi connectivity index (χ1n) is 10.0. The molecule has 0 aliphatic carbocycles. The second-order valence-corrected chi connectivity index (χ2v) is 8.80. The van der Waals surface area contributed by atoms with Crippen molar-refractivity contribution in [1.29, 1.82) is 0 Å². The maximum absolute atomic E-state index is 12.6. The molecule has 32 heavy (non-hydrogen) atoms. The van der Waals surface area contributed by atoms with Crippen LogP contribution in [0.15, 0.2) is 29.1 Å². The monoisotopic (exact) mass is 473 g/mol. The molecule has 0 radical (unpaired) electrons. The van der Waals surface area contributed by atoms with Crippen molar-refractivity contribution in [3.8, 4) is 10.6 Å². The number of halogens is 1. The number of nitrogens with zero attached hydrogens (tertiary/aromatic N) is 3. The van der Waals surface area contributed by atoms with E-state index in [2.05, 4.69) is 20.7 Å². The topological polar surface area (TPSA) is 106 Å². The zero-order chi connectivity index (χ0) is 23.4. The third-order valence-electron chi connectivity index (χ3n) is 4.94. The molecule has 0 bridgehead atoms. The Kier molecular flexibility index (Phi) is 7.42. The number of aryl methyl sites for hydroxylation is 3. The van der Waals surface area contributed by atoms with Crippen LogP contribution in [-0.4, -0.2) is 33.1 Å². The zero-order valence-electron chi connectivity index (χ0n) is 18.3.